The number of para-hydroxylation sites is 2. The summed E-state index contributed by atoms with van der Waals surface area (Å²) in [6.45, 7) is 0.602. The first-order valence-electron chi connectivity index (χ1n) is 10.2. The Kier molecular flexibility index (Phi) is 4.30. The number of azide groups is 1. The van der Waals surface area contributed by atoms with Gasteiger partial charge in [-0.3, -0.25) is 9.69 Å². The van der Waals surface area contributed by atoms with Gasteiger partial charge in [0, 0.05) is 29.4 Å². The van der Waals surface area contributed by atoms with Crippen LogP contribution >= 0.6 is 0 Å². The number of amides is 2. The van der Waals surface area contributed by atoms with Gasteiger partial charge in [0.25, 0.3) is 0 Å². The second-order valence-electron chi connectivity index (χ2n) is 8.09. The summed E-state index contributed by atoms with van der Waals surface area (Å²) in [6, 6.07) is 15.5. The number of hydrogen-bond donors (Lipinski definition) is 2. The summed E-state index contributed by atoms with van der Waals surface area (Å²) >= 11 is 0. The average Bonchev–Trinajstić information content (AvgIpc) is 3.41. The number of hydrogen-bond acceptors (Lipinski definition) is 5. The number of nitrogens with zero attached hydrogens (tertiary/aromatic N) is 4. The molecule has 1 fully saturated rings. The van der Waals surface area contributed by atoms with Crippen molar-refractivity contribution in [2.24, 2.45) is 5.11 Å². The molecular weight excluding hydrogens is 396 g/mol. The topological polar surface area (TPSA) is 119 Å². The maximum absolute atomic E-state index is 13.8. The molecule has 2 amide bonds. The predicted molar refractivity (Wildman–Crippen MR) is 115 cm³/mol. The molecule has 2 aromatic rings. The minimum Gasteiger partial charge on any atom is -0.453 e. The molecule has 0 bridgehead atoms. The zero-order valence-electron chi connectivity index (χ0n) is 17.0. The molecule has 0 radical (unpaired) electrons. The van der Waals surface area contributed by atoms with Crippen molar-refractivity contribution in [1.29, 1.82) is 0 Å². The zero-order valence-corrected chi connectivity index (χ0v) is 17.0. The lowest BCUT2D eigenvalue weighted by molar-refractivity contribution is -0.124. The molecule has 9 nitrogen and oxygen atoms in total. The predicted octanol–water partition coefficient (Wildman–Crippen LogP) is 3.74. The van der Waals surface area contributed by atoms with Crippen molar-refractivity contribution in [2.75, 3.05) is 30.8 Å². The number of methoxy groups -OCH3 is 1. The van der Waals surface area contributed by atoms with Crippen LogP contribution in [0, 0.1) is 0 Å². The van der Waals surface area contributed by atoms with E-state index in [1.165, 1.54) is 7.11 Å². The third-order valence-corrected chi connectivity index (χ3v) is 7.07. The van der Waals surface area contributed by atoms with Crippen molar-refractivity contribution in [3.63, 3.8) is 0 Å². The molecule has 0 spiro atoms. The first-order chi connectivity index (χ1) is 15.1. The third-order valence-electron chi connectivity index (χ3n) is 7.07. The van der Waals surface area contributed by atoms with Crippen LogP contribution in [-0.2, 0) is 20.4 Å². The molecule has 2 aromatic carbocycles. The highest BCUT2D eigenvalue weighted by Gasteiger charge is 2.70. The Hall–Kier alpha value is -3.71. The van der Waals surface area contributed by atoms with Crippen LogP contribution in [0.4, 0.5) is 16.2 Å². The van der Waals surface area contributed by atoms with Gasteiger partial charge in [-0.15, -0.1) is 0 Å². The van der Waals surface area contributed by atoms with E-state index in [0.29, 0.717) is 19.4 Å². The Morgan fingerprint density at radius 2 is 1.94 bits per heavy atom. The zero-order chi connectivity index (χ0) is 21.6. The van der Waals surface area contributed by atoms with Crippen molar-refractivity contribution in [3.8, 4) is 0 Å². The maximum atomic E-state index is 13.8. The Morgan fingerprint density at radius 1 is 1.23 bits per heavy atom. The number of carbonyl (C=O) groups excluding carboxylic acids is 2. The van der Waals surface area contributed by atoms with Gasteiger partial charge in [-0.05, 0) is 41.6 Å². The fraction of sp³-hybridized carbons (Fsp3) is 0.364. The number of benzene rings is 2. The van der Waals surface area contributed by atoms with E-state index in [1.807, 2.05) is 48.5 Å². The van der Waals surface area contributed by atoms with Crippen LogP contribution in [0.1, 0.15) is 24.0 Å². The number of ether oxygens (including phenoxy) is 1. The molecule has 3 aliphatic heterocycles. The minimum atomic E-state index is -1.02. The first-order valence-corrected chi connectivity index (χ1v) is 10.2. The Labute approximate surface area is 179 Å². The summed E-state index contributed by atoms with van der Waals surface area (Å²) in [4.78, 5) is 31.0. The third kappa shape index (κ3) is 2.35. The van der Waals surface area contributed by atoms with Crippen LogP contribution in [0.2, 0.25) is 0 Å². The SMILES string of the molecule is COC(=O)N1CCC2(C3(CCN=[N+]=[N-])C(=O)Nc4ccccc43)c3ccccc3N[C@@H]12. The van der Waals surface area contributed by atoms with Gasteiger partial charge in [-0.25, -0.2) is 4.79 Å². The number of fused-ring (bicyclic) bond motifs is 4. The average molecular weight is 418 g/mol. The molecule has 2 unspecified atom stereocenters. The lowest BCUT2D eigenvalue weighted by Gasteiger charge is -2.46. The quantitative estimate of drug-likeness (QED) is 0.446. The minimum absolute atomic E-state index is 0.142. The second-order valence-corrected chi connectivity index (χ2v) is 8.09. The Balaban J connectivity index is 1.79. The summed E-state index contributed by atoms with van der Waals surface area (Å²) in [5.74, 6) is -0.142. The number of carbonyl (C=O) groups is 2. The van der Waals surface area contributed by atoms with E-state index < -0.39 is 23.1 Å². The van der Waals surface area contributed by atoms with Crippen molar-refractivity contribution in [1.82, 2.24) is 4.90 Å². The maximum Gasteiger partial charge on any atom is 0.411 e. The monoisotopic (exact) mass is 418 g/mol. The van der Waals surface area contributed by atoms with Gasteiger partial charge in [0.2, 0.25) is 5.91 Å². The molecule has 3 aliphatic rings. The fourth-order valence-corrected chi connectivity index (χ4v) is 5.94. The fourth-order valence-electron chi connectivity index (χ4n) is 5.94. The largest absolute Gasteiger partial charge is 0.453 e. The van der Waals surface area contributed by atoms with E-state index in [9.17, 15) is 9.59 Å². The van der Waals surface area contributed by atoms with Gasteiger partial charge >= 0.3 is 6.09 Å². The lowest BCUT2D eigenvalue weighted by atomic mass is 9.55. The van der Waals surface area contributed by atoms with Gasteiger partial charge in [0.15, 0.2) is 0 Å². The first kappa shape index (κ1) is 19.3. The van der Waals surface area contributed by atoms with E-state index in [2.05, 4.69) is 20.7 Å². The molecule has 9 heteroatoms. The summed E-state index contributed by atoms with van der Waals surface area (Å²) in [5.41, 5.74) is 10.6. The highest BCUT2D eigenvalue weighted by molar-refractivity contribution is 6.08. The van der Waals surface area contributed by atoms with Gasteiger partial charge in [-0.1, -0.05) is 41.5 Å². The molecule has 2 N–H and O–H groups in total. The molecule has 31 heavy (non-hydrogen) atoms. The number of anilines is 2. The van der Waals surface area contributed by atoms with E-state index in [4.69, 9.17) is 10.3 Å². The molecule has 0 aromatic heterocycles. The van der Waals surface area contributed by atoms with E-state index in [0.717, 1.165) is 22.5 Å². The molecule has 3 atom stereocenters. The summed E-state index contributed by atoms with van der Waals surface area (Å²) in [6.07, 6.45) is -0.0274. The molecule has 1 saturated heterocycles. The normalized spacial score (nSPS) is 27.5. The van der Waals surface area contributed by atoms with Crippen LogP contribution in [0.15, 0.2) is 53.6 Å². The Bertz CT molecular complexity index is 1130. The van der Waals surface area contributed by atoms with Crippen LogP contribution in [0.5, 0.6) is 0 Å². The number of rotatable bonds is 4. The van der Waals surface area contributed by atoms with Crippen LogP contribution < -0.4 is 10.6 Å². The number of likely N-dealkylation sites (tertiary alicyclic amines) is 1. The number of nitrogens with one attached hydrogen (secondary N) is 2. The van der Waals surface area contributed by atoms with Crippen LogP contribution in [0.3, 0.4) is 0 Å². The molecule has 0 aliphatic carbocycles. The van der Waals surface area contributed by atoms with Crippen LogP contribution in [-0.4, -0.2) is 43.3 Å². The highest BCUT2D eigenvalue weighted by Crippen LogP contribution is 2.63. The second kappa shape index (κ2) is 6.92. The van der Waals surface area contributed by atoms with Crippen molar-refractivity contribution in [3.05, 3.63) is 70.1 Å². The Morgan fingerprint density at radius 3 is 2.68 bits per heavy atom. The van der Waals surface area contributed by atoms with Crippen molar-refractivity contribution in [2.45, 2.75) is 29.8 Å². The van der Waals surface area contributed by atoms with Crippen molar-refractivity contribution < 1.29 is 14.3 Å². The molecule has 5 rings (SSSR count). The highest BCUT2D eigenvalue weighted by atomic mass is 16.5. The summed E-state index contributed by atoms with van der Waals surface area (Å²) in [7, 11) is 1.36. The molecular formula is C22H22N6O3. The molecule has 3 heterocycles. The van der Waals surface area contributed by atoms with Crippen molar-refractivity contribution >= 4 is 23.4 Å². The van der Waals surface area contributed by atoms with Gasteiger partial charge in [-0.2, -0.15) is 0 Å². The van der Waals surface area contributed by atoms with Gasteiger partial charge in [0.05, 0.1) is 17.9 Å². The smallest absolute Gasteiger partial charge is 0.411 e. The van der Waals surface area contributed by atoms with Gasteiger partial charge in [0.1, 0.15) is 6.17 Å². The van der Waals surface area contributed by atoms with E-state index >= 15 is 0 Å². The summed E-state index contributed by atoms with van der Waals surface area (Å²) in [5, 5.41) is 10.3. The molecule has 158 valence electrons. The van der Waals surface area contributed by atoms with E-state index in [-0.39, 0.29) is 12.5 Å². The summed E-state index contributed by atoms with van der Waals surface area (Å²) < 4.78 is 5.06. The standard InChI is InChI=1S/C22H22N6O3/c1-31-20(30)28-13-11-21(14-6-2-4-8-16(14)25-18(21)28)22(10-12-24-27-23)15-7-3-5-9-17(15)26-19(22)29/h2-9,18,25H,10-13H2,1H3,(H,26,29)/t18-,21?,22?/m0/s1. The lowest BCUT2D eigenvalue weighted by Crippen LogP contribution is -2.60. The molecule has 0 saturated carbocycles. The van der Waals surface area contributed by atoms with Gasteiger partial charge < -0.3 is 15.4 Å². The van der Waals surface area contributed by atoms with Crippen LogP contribution in [0.25, 0.3) is 10.4 Å². The van der Waals surface area contributed by atoms with E-state index in [1.54, 1.807) is 4.90 Å².